The van der Waals surface area contributed by atoms with Crippen LogP contribution in [0.5, 0.6) is 5.75 Å². The smallest absolute Gasteiger partial charge is 0.347 e. The van der Waals surface area contributed by atoms with Gasteiger partial charge in [0, 0.05) is 5.02 Å². The molecule has 0 heterocycles. The number of carbonyl (C=O) groups is 2. The standard InChI is InChI=1S/C19H19Cl2NO4/c1-12(14-6-4-3-5-7-14)22-18(23)11-25-19(24)13(2)26-17-9-8-15(20)10-16(17)21/h3-10,12-13H,11H2,1-2H3,(H,22,23)/t12-,13+/m0/s1. The Morgan fingerprint density at radius 1 is 1.08 bits per heavy atom. The zero-order valence-corrected chi connectivity index (χ0v) is 15.9. The SMILES string of the molecule is C[C@H](NC(=O)COC(=O)[C@@H](C)Oc1ccc(Cl)cc1Cl)c1ccccc1. The lowest BCUT2D eigenvalue weighted by Gasteiger charge is -2.16. The number of benzene rings is 2. The van der Waals surface area contributed by atoms with Crippen molar-refractivity contribution in [2.75, 3.05) is 6.61 Å². The second-order valence-electron chi connectivity index (χ2n) is 5.64. The number of hydrogen-bond acceptors (Lipinski definition) is 4. The minimum absolute atomic E-state index is 0.191. The lowest BCUT2D eigenvalue weighted by molar-refractivity contribution is -0.154. The molecule has 0 bridgehead atoms. The van der Waals surface area contributed by atoms with Crippen LogP contribution < -0.4 is 10.1 Å². The molecule has 138 valence electrons. The van der Waals surface area contributed by atoms with Crippen molar-refractivity contribution in [1.29, 1.82) is 0 Å². The number of amides is 1. The number of halogens is 2. The number of rotatable bonds is 7. The zero-order chi connectivity index (χ0) is 19.1. The van der Waals surface area contributed by atoms with Crippen molar-refractivity contribution in [2.45, 2.75) is 26.0 Å². The van der Waals surface area contributed by atoms with Crippen LogP contribution in [0.1, 0.15) is 25.5 Å². The summed E-state index contributed by atoms with van der Waals surface area (Å²) in [7, 11) is 0. The van der Waals surface area contributed by atoms with Crippen molar-refractivity contribution >= 4 is 35.1 Å². The van der Waals surface area contributed by atoms with Gasteiger partial charge in [-0.05, 0) is 37.6 Å². The van der Waals surface area contributed by atoms with Gasteiger partial charge in [-0.1, -0.05) is 53.5 Å². The molecule has 5 nitrogen and oxygen atoms in total. The maximum Gasteiger partial charge on any atom is 0.347 e. The summed E-state index contributed by atoms with van der Waals surface area (Å²) in [4.78, 5) is 23.9. The van der Waals surface area contributed by atoms with Gasteiger partial charge in [-0.15, -0.1) is 0 Å². The zero-order valence-electron chi connectivity index (χ0n) is 14.4. The van der Waals surface area contributed by atoms with Crippen LogP contribution in [0.4, 0.5) is 0 Å². The summed E-state index contributed by atoms with van der Waals surface area (Å²) in [5.41, 5.74) is 0.959. The number of esters is 1. The second-order valence-corrected chi connectivity index (χ2v) is 6.49. The summed E-state index contributed by atoms with van der Waals surface area (Å²) in [6, 6.07) is 14.0. The van der Waals surface area contributed by atoms with E-state index >= 15 is 0 Å². The minimum atomic E-state index is -0.923. The van der Waals surface area contributed by atoms with E-state index in [2.05, 4.69) is 5.32 Å². The van der Waals surface area contributed by atoms with Crippen molar-refractivity contribution in [1.82, 2.24) is 5.32 Å². The molecule has 2 aromatic carbocycles. The number of carbonyl (C=O) groups excluding carboxylic acids is 2. The Hall–Kier alpha value is -2.24. The molecule has 26 heavy (non-hydrogen) atoms. The number of nitrogens with one attached hydrogen (secondary N) is 1. The normalized spacial score (nSPS) is 12.8. The molecule has 1 amide bonds. The van der Waals surface area contributed by atoms with Gasteiger partial charge in [-0.2, -0.15) is 0 Å². The van der Waals surface area contributed by atoms with Crippen molar-refractivity contribution in [3.05, 3.63) is 64.1 Å². The Bertz CT molecular complexity index is 767. The summed E-state index contributed by atoms with van der Waals surface area (Å²) in [5.74, 6) is -0.757. The molecule has 0 unspecified atom stereocenters. The molecule has 0 aliphatic heterocycles. The first-order chi connectivity index (χ1) is 12.4. The molecule has 2 aromatic rings. The molecule has 0 fully saturated rings. The molecule has 0 saturated carbocycles. The van der Waals surface area contributed by atoms with Crippen molar-refractivity contribution in [2.24, 2.45) is 0 Å². The van der Waals surface area contributed by atoms with E-state index in [-0.39, 0.29) is 11.1 Å². The van der Waals surface area contributed by atoms with Crippen molar-refractivity contribution < 1.29 is 19.1 Å². The molecule has 0 aromatic heterocycles. The van der Waals surface area contributed by atoms with Gasteiger partial charge < -0.3 is 14.8 Å². The largest absolute Gasteiger partial charge is 0.477 e. The topological polar surface area (TPSA) is 64.6 Å². The molecule has 0 aliphatic carbocycles. The monoisotopic (exact) mass is 395 g/mol. The van der Waals surface area contributed by atoms with E-state index in [0.29, 0.717) is 10.8 Å². The predicted octanol–water partition coefficient (Wildman–Crippen LogP) is 4.18. The lowest BCUT2D eigenvalue weighted by Crippen LogP contribution is -2.34. The average molecular weight is 396 g/mol. The Balaban J connectivity index is 1.80. The van der Waals surface area contributed by atoms with Crippen LogP contribution in [-0.4, -0.2) is 24.6 Å². The van der Waals surface area contributed by atoms with Gasteiger partial charge in [0.15, 0.2) is 12.7 Å². The first-order valence-electron chi connectivity index (χ1n) is 7.99. The van der Waals surface area contributed by atoms with Gasteiger partial charge in [0.2, 0.25) is 0 Å². The highest BCUT2D eigenvalue weighted by molar-refractivity contribution is 6.35. The van der Waals surface area contributed by atoms with E-state index in [0.717, 1.165) is 5.56 Å². The molecule has 0 radical (unpaired) electrons. The van der Waals surface area contributed by atoms with Crippen LogP contribution in [0.25, 0.3) is 0 Å². The van der Waals surface area contributed by atoms with E-state index in [1.165, 1.54) is 13.0 Å². The predicted molar refractivity (Wildman–Crippen MR) is 101 cm³/mol. The number of hydrogen-bond donors (Lipinski definition) is 1. The molecule has 0 saturated heterocycles. The Morgan fingerprint density at radius 2 is 1.77 bits per heavy atom. The first-order valence-corrected chi connectivity index (χ1v) is 8.75. The van der Waals surface area contributed by atoms with E-state index < -0.39 is 24.6 Å². The fourth-order valence-electron chi connectivity index (χ4n) is 2.17. The van der Waals surface area contributed by atoms with Crippen LogP contribution in [-0.2, 0) is 14.3 Å². The lowest BCUT2D eigenvalue weighted by atomic mass is 10.1. The van der Waals surface area contributed by atoms with Gasteiger partial charge >= 0.3 is 5.97 Å². The van der Waals surface area contributed by atoms with Gasteiger partial charge in [0.1, 0.15) is 5.75 Å². The van der Waals surface area contributed by atoms with E-state index in [4.69, 9.17) is 32.7 Å². The molecular weight excluding hydrogens is 377 g/mol. The van der Waals surface area contributed by atoms with Crippen molar-refractivity contribution in [3.63, 3.8) is 0 Å². The van der Waals surface area contributed by atoms with Crippen LogP contribution in [0.3, 0.4) is 0 Å². The number of ether oxygens (including phenoxy) is 2. The van der Waals surface area contributed by atoms with Crippen LogP contribution in [0.15, 0.2) is 48.5 Å². The molecule has 0 spiro atoms. The van der Waals surface area contributed by atoms with E-state index in [9.17, 15) is 9.59 Å². The molecule has 7 heteroatoms. The third-order valence-electron chi connectivity index (χ3n) is 3.55. The quantitative estimate of drug-likeness (QED) is 0.714. The Labute approximate surface area is 162 Å². The fourth-order valence-corrected chi connectivity index (χ4v) is 2.62. The molecular formula is C19H19Cl2NO4. The minimum Gasteiger partial charge on any atom is -0.477 e. The Kier molecular flexibility index (Phi) is 7.30. The van der Waals surface area contributed by atoms with Gasteiger partial charge in [-0.3, -0.25) is 4.79 Å². The Morgan fingerprint density at radius 3 is 2.42 bits per heavy atom. The highest BCUT2D eigenvalue weighted by Gasteiger charge is 2.19. The van der Waals surface area contributed by atoms with Crippen LogP contribution >= 0.6 is 23.2 Å². The van der Waals surface area contributed by atoms with E-state index in [1.807, 2.05) is 37.3 Å². The average Bonchev–Trinajstić information content (AvgIpc) is 2.62. The van der Waals surface area contributed by atoms with Gasteiger partial charge in [0.05, 0.1) is 11.1 Å². The first kappa shape index (κ1) is 20.1. The van der Waals surface area contributed by atoms with E-state index in [1.54, 1.807) is 12.1 Å². The summed E-state index contributed by atoms with van der Waals surface area (Å²) in [5, 5.41) is 3.51. The van der Waals surface area contributed by atoms with Crippen molar-refractivity contribution in [3.8, 4) is 5.75 Å². The second kappa shape index (κ2) is 9.46. The summed E-state index contributed by atoms with van der Waals surface area (Å²) in [6.45, 7) is 2.97. The highest BCUT2D eigenvalue weighted by Crippen LogP contribution is 2.28. The molecule has 1 N–H and O–H groups in total. The molecule has 2 rings (SSSR count). The van der Waals surface area contributed by atoms with Gasteiger partial charge in [-0.25, -0.2) is 4.79 Å². The summed E-state index contributed by atoms with van der Waals surface area (Å²) in [6.07, 6.45) is -0.923. The van der Waals surface area contributed by atoms with Crippen LogP contribution in [0.2, 0.25) is 10.0 Å². The third kappa shape index (κ3) is 5.93. The van der Waals surface area contributed by atoms with Crippen LogP contribution in [0, 0.1) is 0 Å². The summed E-state index contributed by atoms with van der Waals surface area (Å²) >= 11 is 11.8. The summed E-state index contributed by atoms with van der Waals surface area (Å²) < 4.78 is 10.4. The maximum absolute atomic E-state index is 12.0. The van der Waals surface area contributed by atoms with Gasteiger partial charge in [0.25, 0.3) is 5.91 Å². The molecule has 2 atom stereocenters. The fraction of sp³-hybridized carbons (Fsp3) is 0.263. The maximum atomic E-state index is 12.0. The highest BCUT2D eigenvalue weighted by atomic mass is 35.5. The molecule has 0 aliphatic rings. The third-order valence-corrected chi connectivity index (χ3v) is 4.08.